The van der Waals surface area contributed by atoms with Crippen LogP contribution in [0.2, 0.25) is 5.02 Å². The Morgan fingerprint density at radius 1 is 1.00 bits per heavy atom. The molecular formula is C32H34ClN4O4PS. The van der Waals surface area contributed by atoms with Crippen LogP contribution >= 0.6 is 30.5 Å². The fraction of sp³-hybridized carbons (Fsp3) is 0.281. The fourth-order valence-corrected chi connectivity index (χ4v) is 8.00. The Balaban J connectivity index is 1.24. The van der Waals surface area contributed by atoms with E-state index in [-0.39, 0.29) is 5.91 Å². The lowest BCUT2D eigenvalue weighted by atomic mass is 9.92. The van der Waals surface area contributed by atoms with Crippen LogP contribution < -0.4 is 5.32 Å². The van der Waals surface area contributed by atoms with E-state index >= 15 is 0 Å². The van der Waals surface area contributed by atoms with Crippen molar-refractivity contribution in [3.05, 3.63) is 94.6 Å². The van der Waals surface area contributed by atoms with Crippen LogP contribution in [0.3, 0.4) is 0 Å². The minimum atomic E-state index is -4.37. The highest BCUT2D eigenvalue weighted by atomic mass is 35.5. The molecule has 1 amide bonds. The van der Waals surface area contributed by atoms with E-state index in [1.165, 1.54) is 0 Å². The molecule has 43 heavy (non-hydrogen) atoms. The lowest BCUT2D eigenvalue weighted by molar-refractivity contribution is -0.116. The molecule has 0 saturated carbocycles. The topological polar surface area (TPSA) is 117 Å². The molecule has 0 unspecified atom stereocenters. The van der Waals surface area contributed by atoms with Gasteiger partial charge < -0.3 is 15.1 Å². The van der Waals surface area contributed by atoms with Crippen LogP contribution in [0.1, 0.15) is 56.4 Å². The van der Waals surface area contributed by atoms with Gasteiger partial charge in [0.1, 0.15) is 6.33 Å². The summed E-state index contributed by atoms with van der Waals surface area (Å²) < 4.78 is 14.3. The van der Waals surface area contributed by atoms with Crippen molar-refractivity contribution in [1.29, 1.82) is 0 Å². The number of aryl methyl sites for hydroxylation is 1. The summed E-state index contributed by atoms with van der Waals surface area (Å²) in [6.07, 6.45) is 5.05. The van der Waals surface area contributed by atoms with Gasteiger partial charge in [0.15, 0.2) is 5.13 Å². The molecule has 5 rings (SSSR count). The van der Waals surface area contributed by atoms with Crippen molar-refractivity contribution in [2.45, 2.75) is 57.5 Å². The number of para-hydroxylation sites is 2. The number of amides is 1. The zero-order valence-electron chi connectivity index (χ0n) is 24.0. The molecule has 0 spiro atoms. The lowest BCUT2D eigenvalue weighted by Gasteiger charge is -2.33. The van der Waals surface area contributed by atoms with Gasteiger partial charge in [0.05, 0.1) is 21.9 Å². The molecule has 224 valence electrons. The molecule has 0 saturated heterocycles. The van der Waals surface area contributed by atoms with E-state index in [0.29, 0.717) is 42.0 Å². The van der Waals surface area contributed by atoms with Gasteiger partial charge in [-0.2, -0.15) is 0 Å². The lowest BCUT2D eigenvalue weighted by Crippen LogP contribution is -2.24. The van der Waals surface area contributed by atoms with Gasteiger partial charge in [-0.25, -0.2) is 9.97 Å². The maximum Gasteiger partial charge on any atom is 0.335 e. The zero-order valence-corrected chi connectivity index (χ0v) is 26.5. The first-order chi connectivity index (χ1) is 20.6. The molecular weight excluding hydrogens is 603 g/mol. The first-order valence-electron chi connectivity index (χ1n) is 14.3. The smallest absolute Gasteiger partial charge is 0.326 e. The highest BCUT2D eigenvalue weighted by Crippen LogP contribution is 2.60. The minimum Gasteiger partial charge on any atom is -0.326 e. The summed E-state index contributed by atoms with van der Waals surface area (Å²) in [4.78, 5) is 43.4. The molecule has 5 aromatic rings. The Morgan fingerprint density at radius 3 is 2.37 bits per heavy atom. The molecule has 0 atom stereocenters. The van der Waals surface area contributed by atoms with Crippen molar-refractivity contribution in [2.75, 3.05) is 5.32 Å². The molecule has 3 N–H and O–H groups in total. The Labute approximate surface area is 259 Å². The summed E-state index contributed by atoms with van der Waals surface area (Å²) in [7, 11) is -4.37. The molecule has 0 aliphatic heterocycles. The molecule has 0 aliphatic carbocycles. The van der Waals surface area contributed by atoms with E-state index in [2.05, 4.69) is 10.3 Å². The normalized spacial score (nSPS) is 12.1. The van der Waals surface area contributed by atoms with Crippen molar-refractivity contribution in [2.24, 2.45) is 0 Å². The van der Waals surface area contributed by atoms with Crippen molar-refractivity contribution in [1.82, 2.24) is 14.5 Å². The maximum absolute atomic E-state index is 12.7. The fourth-order valence-electron chi connectivity index (χ4n) is 5.45. The number of hydrogen-bond acceptors (Lipinski definition) is 5. The Kier molecular flexibility index (Phi) is 9.49. The van der Waals surface area contributed by atoms with Crippen LogP contribution in [0, 0.1) is 0 Å². The molecule has 11 heteroatoms. The van der Waals surface area contributed by atoms with Crippen molar-refractivity contribution in [3.63, 3.8) is 0 Å². The van der Waals surface area contributed by atoms with Gasteiger partial charge in [-0.3, -0.25) is 13.9 Å². The van der Waals surface area contributed by atoms with Gasteiger partial charge in [0.25, 0.3) is 0 Å². The number of thiazole rings is 1. The Morgan fingerprint density at radius 2 is 1.70 bits per heavy atom. The summed E-state index contributed by atoms with van der Waals surface area (Å²) in [5.41, 5.74) is 4.97. The molecule has 0 bridgehead atoms. The first-order valence-corrected chi connectivity index (χ1v) is 17.1. The number of nitrogens with zero attached hydrogens (tertiary/aromatic N) is 3. The Bertz CT molecular complexity index is 1760. The molecule has 2 aromatic heterocycles. The zero-order chi connectivity index (χ0) is 30.6. The number of aromatic nitrogens is 3. The number of hydrogen-bond donors (Lipinski definition) is 3. The average molecular weight is 637 g/mol. The van der Waals surface area contributed by atoms with Crippen LogP contribution in [0.25, 0.3) is 27.4 Å². The number of carbonyl (C=O) groups is 1. The van der Waals surface area contributed by atoms with Gasteiger partial charge in [-0.05, 0) is 74.1 Å². The SMILES string of the molecule is CCC(CC)(c1ccc(NC(=O)CCCCc2sc(-n3cnc4ccccc43)nc2-c2ccc(Cl)cc2)cc1)P(=O)(O)O. The number of unbranched alkanes of at least 4 members (excludes halogenated alkanes) is 1. The first kappa shape index (κ1) is 31.1. The third-order valence-corrected chi connectivity index (χ3v) is 11.3. The van der Waals surface area contributed by atoms with E-state index in [9.17, 15) is 19.1 Å². The monoisotopic (exact) mass is 636 g/mol. The summed E-state index contributed by atoms with van der Waals surface area (Å²) in [6.45, 7) is 3.56. The van der Waals surface area contributed by atoms with Crippen LogP contribution in [0.5, 0.6) is 0 Å². The van der Waals surface area contributed by atoms with E-state index in [1.807, 2.05) is 53.1 Å². The predicted molar refractivity (Wildman–Crippen MR) is 174 cm³/mol. The summed E-state index contributed by atoms with van der Waals surface area (Å²) in [5.74, 6) is -0.104. The van der Waals surface area contributed by atoms with E-state index in [4.69, 9.17) is 16.6 Å². The van der Waals surface area contributed by atoms with Crippen molar-refractivity contribution < 1.29 is 19.1 Å². The van der Waals surface area contributed by atoms with Crippen LogP contribution in [0.15, 0.2) is 79.1 Å². The number of imidazole rings is 1. The number of halogens is 1. The number of anilines is 1. The molecule has 8 nitrogen and oxygen atoms in total. The molecule has 2 heterocycles. The third kappa shape index (κ3) is 6.61. The summed E-state index contributed by atoms with van der Waals surface area (Å²) in [5, 5.41) is 3.19. The minimum absolute atomic E-state index is 0.104. The average Bonchev–Trinajstić information content (AvgIpc) is 3.61. The quantitative estimate of drug-likeness (QED) is 0.0936. The van der Waals surface area contributed by atoms with Gasteiger partial charge in [-0.1, -0.05) is 61.8 Å². The van der Waals surface area contributed by atoms with E-state index in [0.717, 1.165) is 45.1 Å². The molecule has 0 radical (unpaired) electrons. The van der Waals surface area contributed by atoms with Crippen LogP contribution in [-0.4, -0.2) is 30.2 Å². The van der Waals surface area contributed by atoms with Gasteiger partial charge in [0, 0.05) is 27.6 Å². The van der Waals surface area contributed by atoms with Gasteiger partial charge in [0.2, 0.25) is 5.91 Å². The highest BCUT2D eigenvalue weighted by Gasteiger charge is 2.45. The predicted octanol–water partition coefficient (Wildman–Crippen LogP) is 8.35. The standard InChI is InChI=1S/C32H34ClN4O4PS/c1-3-32(4-2,42(39,40)41)23-15-19-25(20-16-23)35-29(38)12-8-7-11-28-30(22-13-17-24(33)18-14-22)36-31(43-28)37-21-34-26-9-5-6-10-27(26)37/h5-6,9-10,13-21H,3-4,7-8,11-12H2,1-2H3,(H,35,38)(H2,39,40,41). The number of nitrogens with one attached hydrogen (secondary N) is 1. The maximum atomic E-state index is 12.7. The molecule has 3 aromatic carbocycles. The number of rotatable bonds is 12. The van der Waals surface area contributed by atoms with Crippen LogP contribution in [0.4, 0.5) is 5.69 Å². The second-order valence-corrected chi connectivity index (χ2v) is 13.9. The summed E-state index contributed by atoms with van der Waals surface area (Å²) in [6, 6.07) is 22.4. The second-order valence-electron chi connectivity index (χ2n) is 10.5. The number of fused-ring (bicyclic) bond motifs is 1. The van der Waals surface area contributed by atoms with Crippen molar-refractivity contribution >= 4 is 53.2 Å². The summed E-state index contributed by atoms with van der Waals surface area (Å²) >= 11 is 7.76. The highest BCUT2D eigenvalue weighted by molar-refractivity contribution is 7.53. The Hall–Kier alpha value is -3.33. The number of benzene rings is 3. The van der Waals surface area contributed by atoms with Gasteiger partial charge >= 0.3 is 7.60 Å². The largest absolute Gasteiger partial charge is 0.335 e. The van der Waals surface area contributed by atoms with E-state index < -0.39 is 12.8 Å². The van der Waals surface area contributed by atoms with Gasteiger partial charge in [-0.15, -0.1) is 11.3 Å². The molecule has 0 aliphatic rings. The van der Waals surface area contributed by atoms with Crippen molar-refractivity contribution in [3.8, 4) is 16.4 Å². The molecule has 0 fully saturated rings. The van der Waals surface area contributed by atoms with E-state index in [1.54, 1.807) is 55.8 Å². The third-order valence-electron chi connectivity index (χ3n) is 7.95. The number of carbonyl (C=O) groups excluding carboxylic acids is 1. The van der Waals surface area contributed by atoms with Crippen LogP contribution in [-0.2, 0) is 20.9 Å². The second kappa shape index (κ2) is 13.1.